The van der Waals surface area contributed by atoms with Crippen molar-refractivity contribution in [2.24, 2.45) is 0 Å². The van der Waals surface area contributed by atoms with E-state index in [0.29, 0.717) is 13.0 Å². The Balaban J connectivity index is 2.67. The molecule has 1 aromatic carbocycles. The largest absolute Gasteiger partial charge is 0.393 e. The van der Waals surface area contributed by atoms with Crippen LogP contribution in [-0.2, 0) is 0 Å². The number of hydrogen-bond acceptors (Lipinski definition) is 2. The first-order chi connectivity index (χ1) is 7.52. The number of aliphatic hydroxyl groups excluding tert-OH is 1. The van der Waals surface area contributed by atoms with Gasteiger partial charge in [-0.3, -0.25) is 4.79 Å². The van der Waals surface area contributed by atoms with E-state index in [-0.39, 0.29) is 12.0 Å². The molecular weight excluding hydrogens is 202 g/mol. The lowest BCUT2D eigenvalue weighted by Crippen LogP contribution is -2.29. The molecule has 0 spiro atoms. The predicted octanol–water partition coefficient (Wildman–Crippen LogP) is 1.84. The molecule has 88 valence electrons. The minimum Gasteiger partial charge on any atom is -0.393 e. The average molecular weight is 221 g/mol. The number of amides is 1. The van der Waals surface area contributed by atoms with Gasteiger partial charge in [0.1, 0.15) is 0 Å². The topological polar surface area (TPSA) is 40.5 Å². The van der Waals surface area contributed by atoms with Gasteiger partial charge in [0.05, 0.1) is 6.10 Å². The highest BCUT2D eigenvalue weighted by molar-refractivity contribution is 5.95. The molecule has 1 unspecified atom stereocenters. The van der Waals surface area contributed by atoms with Crippen LogP contribution in [0.5, 0.6) is 0 Å². The number of rotatable bonds is 4. The van der Waals surface area contributed by atoms with Gasteiger partial charge < -0.3 is 10.0 Å². The van der Waals surface area contributed by atoms with Gasteiger partial charge in [-0.1, -0.05) is 18.2 Å². The molecule has 16 heavy (non-hydrogen) atoms. The molecule has 1 amide bonds. The summed E-state index contributed by atoms with van der Waals surface area (Å²) >= 11 is 0. The third kappa shape index (κ3) is 3.35. The summed E-state index contributed by atoms with van der Waals surface area (Å²) in [7, 11) is 1.76. The second-order valence-corrected chi connectivity index (χ2v) is 4.18. The predicted molar refractivity (Wildman–Crippen MR) is 64.4 cm³/mol. The number of nitrogens with zero attached hydrogens (tertiary/aromatic N) is 1. The molecule has 0 heterocycles. The smallest absolute Gasteiger partial charge is 0.253 e. The van der Waals surface area contributed by atoms with Gasteiger partial charge in [0.25, 0.3) is 5.91 Å². The SMILES string of the molecule is Cc1ccccc1C(=O)N(C)CCC(C)O. The Morgan fingerprint density at radius 1 is 1.44 bits per heavy atom. The fraction of sp³-hybridized carbons (Fsp3) is 0.462. The molecular formula is C13H19NO2. The lowest BCUT2D eigenvalue weighted by Gasteiger charge is -2.19. The van der Waals surface area contributed by atoms with Crippen molar-refractivity contribution in [3.05, 3.63) is 35.4 Å². The fourth-order valence-corrected chi connectivity index (χ4v) is 1.50. The van der Waals surface area contributed by atoms with Crippen LogP contribution in [0.2, 0.25) is 0 Å². The van der Waals surface area contributed by atoms with E-state index < -0.39 is 0 Å². The summed E-state index contributed by atoms with van der Waals surface area (Å²) in [6, 6.07) is 7.54. The van der Waals surface area contributed by atoms with Gasteiger partial charge in [-0.15, -0.1) is 0 Å². The Morgan fingerprint density at radius 2 is 2.06 bits per heavy atom. The summed E-state index contributed by atoms with van der Waals surface area (Å²) < 4.78 is 0. The Bertz CT molecular complexity index is 361. The Kier molecular flexibility index (Phi) is 4.50. The number of aryl methyl sites for hydroxylation is 1. The van der Waals surface area contributed by atoms with Crippen LogP contribution in [0.4, 0.5) is 0 Å². The molecule has 0 radical (unpaired) electrons. The number of aliphatic hydroxyl groups is 1. The molecule has 0 aromatic heterocycles. The molecule has 1 aromatic rings. The number of hydrogen-bond donors (Lipinski definition) is 1. The minimum atomic E-state index is -0.368. The number of carbonyl (C=O) groups excluding carboxylic acids is 1. The van der Waals surface area contributed by atoms with Crippen molar-refractivity contribution in [3.8, 4) is 0 Å². The van der Waals surface area contributed by atoms with Crippen molar-refractivity contribution in [2.45, 2.75) is 26.4 Å². The molecule has 0 aliphatic heterocycles. The van der Waals surface area contributed by atoms with Crippen molar-refractivity contribution in [1.29, 1.82) is 0 Å². The lowest BCUT2D eigenvalue weighted by molar-refractivity contribution is 0.0768. The molecule has 3 heteroatoms. The Hall–Kier alpha value is -1.35. The molecule has 1 N–H and O–H groups in total. The van der Waals surface area contributed by atoms with Crippen molar-refractivity contribution >= 4 is 5.91 Å². The van der Waals surface area contributed by atoms with Crippen LogP contribution in [0.15, 0.2) is 24.3 Å². The lowest BCUT2D eigenvalue weighted by atomic mass is 10.1. The summed E-state index contributed by atoms with van der Waals surface area (Å²) in [5.41, 5.74) is 1.71. The quantitative estimate of drug-likeness (QED) is 0.842. The second-order valence-electron chi connectivity index (χ2n) is 4.18. The van der Waals surface area contributed by atoms with E-state index >= 15 is 0 Å². The van der Waals surface area contributed by atoms with E-state index in [9.17, 15) is 9.90 Å². The zero-order chi connectivity index (χ0) is 12.1. The first kappa shape index (κ1) is 12.7. The van der Waals surface area contributed by atoms with Crippen molar-refractivity contribution in [3.63, 3.8) is 0 Å². The highest BCUT2D eigenvalue weighted by atomic mass is 16.3. The zero-order valence-electron chi connectivity index (χ0n) is 10.1. The molecule has 0 fully saturated rings. The fourth-order valence-electron chi connectivity index (χ4n) is 1.50. The van der Waals surface area contributed by atoms with Gasteiger partial charge in [-0.05, 0) is 31.9 Å². The zero-order valence-corrected chi connectivity index (χ0v) is 10.1. The highest BCUT2D eigenvalue weighted by Crippen LogP contribution is 2.10. The Morgan fingerprint density at radius 3 is 2.62 bits per heavy atom. The van der Waals surface area contributed by atoms with E-state index in [2.05, 4.69) is 0 Å². The number of carbonyl (C=O) groups is 1. The summed E-state index contributed by atoms with van der Waals surface area (Å²) in [6.45, 7) is 4.23. The van der Waals surface area contributed by atoms with E-state index in [1.807, 2.05) is 31.2 Å². The van der Waals surface area contributed by atoms with Gasteiger partial charge in [0, 0.05) is 19.2 Å². The van der Waals surface area contributed by atoms with E-state index in [1.54, 1.807) is 18.9 Å². The van der Waals surface area contributed by atoms with Crippen LogP contribution in [-0.4, -0.2) is 35.6 Å². The van der Waals surface area contributed by atoms with Gasteiger partial charge in [0.2, 0.25) is 0 Å². The van der Waals surface area contributed by atoms with Crippen LogP contribution >= 0.6 is 0 Å². The maximum Gasteiger partial charge on any atom is 0.253 e. The van der Waals surface area contributed by atoms with Crippen molar-refractivity contribution < 1.29 is 9.90 Å². The third-order valence-electron chi connectivity index (χ3n) is 2.60. The third-order valence-corrected chi connectivity index (χ3v) is 2.60. The first-order valence-corrected chi connectivity index (χ1v) is 5.51. The molecule has 1 rings (SSSR count). The van der Waals surface area contributed by atoms with E-state index in [0.717, 1.165) is 11.1 Å². The average Bonchev–Trinajstić information content (AvgIpc) is 2.25. The summed E-state index contributed by atoms with van der Waals surface area (Å²) in [6.07, 6.45) is 0.237. The monoisotopic (exact) mass is 221 g/mol. The standard InChI is InChI=1S/C13H19NO2/c1-10-6-4-5-7-12(10)13(16)14(3)9-8-11(2)15/h4-7,11,15H,8-9H2,1-3H3. The first-order valence-electron chi connectivity index (χ1n) is 5.51. The minimum absolute atomic E-state index is 0.0127. The summed E-state index contributed by atoms with van der Waals surface area (Å²) in [5, 5.41) is 9.17. The molecule has 0 saturated carbocycles. The van der Waals surface area contributed by atoms with Crippen LogP contribution in [0.3, 0.4) is 0 Å². The molecule has 0 aliphatic carbocycles. The van der Waals surface area contributed by atoms with E-state index in [1.165, 1.54) is 0 Å². The van der Waals surface area contributed by atoms with Crippen molar-refractivity contribution in [2.75, 3.05) is 13.6 Å². The molecule has 3 nitrogen and oxygen atoms in total. The molecule has 1 atom stereocenters. The normalized spacial score (nSPS) is 12.2. The Labute approximate surface area is 96.7 Å². The highest BCUT2D eigenvalue weighted by Gasteiger charge is 2.13. The second kappa shape index (κ2) is 5.66. The molecule has 0 saturated heterocycles. The van der Waals surface area contributed by atoms with Crippen LogP contribution in [0.25, 0.3) is 0 Å². The maximum absolute atomic E-state index is 12.0. The molecule has 0 aliphatic rings. The van der Waals surface area contributed by atoms with E-state index in [4.69, 9.17) is 0 Å². The van der Waals surface area contributed by atoms with Crippen LogP contribution < -0.4 is 0 Å². The maximum atomic E-state index is 12.0. The van der Waals surface area contributed by atoms with Gasteiger partial charge in [-0.25, -0.2) is 0 Å². The van der Waals surface area contributed by atoms with Gasteiger partial charge >= 0.3 is 0 Å². The summed E-state index contributed by atoms with van der Waals surface area (Å²) in [5.74, 6) is 0.0127. The van der Waals surface area contributed by atoms with Gasteiger partial charge in [0.15, 0.2) is 0 Å². The van der Waals surface area contributed by atoms with Crippen LogP contribution in [0, 0.1) is 6.92 Å². The van der Waals surface area contributed by atoms with Crippen LogP contribution in [0.1, 0.15) is 29.3 Å². The molecule has 0 bridgehead atoms. The number of benzene rings is 1. The van der Waals surface area contributed by atoms with Crippen molar-refractivity contribution in [1.82, 2.24) is 4.90 Å². The summed E-state index contributed by atoms with van der Waals surface area (Å²) in [4.78, 5) is 13.7. The van der Waals surface area contributed by atoms with Gasteiger partial charge in [-0.2, -0.15) is 0 Å².